The van der Waals surface area contributed by atoms with Crippen LogP contribution in [0.1, 0.15) is 17.4 Å². The fourth-order valence-electron chi connectivity index (χ4n) is 1.92. The molecule has 0 aliphatic heterocycles. The predicted octanol–water partition coefficient (Wildman–Crippen LogP) is 2.77. The number of rotatable bonds is 5. The first-order chi connectivity index (χ1) is 11.3. The Morgan fingerprint density at radius 2 is 2.04 bits per heavy atom. The number of anilines is 1. The topological polar surface area (TPSA) is 103 Å². The van der Waals surface area contributed by atoms with Gasteiger partial charge in [0.1, 0.15) is 5.69 Å². The van der Waals surface area contributed by atoms with E-state index in [4.69, 9.17) is 16.3 Å². The van der Waals surface area contributed by atoms with Crippen LogP contribution in [-0.4, -0.2) is 27.5 Å². The van der Waals surface area contributed by atoms with Crippen molar-refractivity contribution in [1.29, 1.82) is 0 Å². The van der Waals surface area contributed by atoms with Gasteiger partial charge in [0.2, 0.25) is 0 Å². The third-order valence-electron chi connectivity index (χ3n) is 3.20. The van der Waals surface area contributed by atoms with E-state index in [-0.39, 0.29) is 11.4 Å². The molecule has 0 bridgehead atoms. The molecule has 0 aliphatic rings. The molecule has 1 heterocycles. The van der Waals surface area contributed by atoms with Gasteiger partial charge in [0, 0.05) is 13.1 Å². The molecular formula is C15H14ClN3O5. The minimum atomic E-state index is -1.11. The summed E-state index contributed by atoms with van der Waals surface area (Å²) in [6.45, 7) is 1.39. The Bertz CT molecular complexity index is 802. The molecular weight excluding hydrogens is 338 g/mol. The normalized spacial score (nSPS) is 11.6. The molecule has 1 N–H and O–H groups in total. The molecule has 0 saturated heterocycles. The van der Waals surface area contributed by atoms with Gasteiger partial charge in [-0.15, -0.1) is 0 Å². The lowest BCUT2D eigenvalue weighted by atomic mass is 10.3. The zero-order valence-corrected chi connectivity index (χ0v) is 13.6. The summed E-state index contributed by atoms with van der Waals surface area (Å²) in [5, 5.41) is 13.6. The van der Waals surface area contributed by atoms with Crippen LogP contribution in [-0.2, 0) is 16.6 Å². The number of aryl methyl sites for hydroxylation is 1. The first-order valence-electron chi connectivity index (χ1n) is 6.86. The third kappa shape index (κ3) is 3.90. The molecule has 2 aromatic rings. The molecule has 2 rings (SSSR count). The quantitative estimate of drug-likeness (QED) is 0.506. The molecule has 126 valence electrons. The zero-order chi connectivity index (χ0) is 17.9. The number of nitro groups is 1. The monoisotopic (exact) mass is 351 g/mol. The molecule has 0 fully saturated rings. The van der Waals surface area contributed by atoms with Crippen LogP contribution in [0.2, 0.25) is 5.02 Å². The highest BCUT2D eigenvalue weighted by atomic mass is 35.5. The van der Waals surface area contributed by atoms with Crippen LogP contribution in [0.3, 0.4) is 0 Å². The Balaban J connectivity index is 2.04. The summed E-state index contributed by atoms with van der Waals surface area (Å²) in [6.07, 6.45) is 0.0770. The van der Waals surface area contributed by atoms with Crippen molar-refractivity contribution < 1.29 is 19.2 Å². The van der Waals surface area contributed by atoms with Gasteiger partial charge in [-0.2, -0.15) is 0 Å². The molecule has 0 aliphatic carbocycles. The smallest absolute Gasteiger partial charge is 0.355 e. The number of benzene rings is 1. The zero-order valence-electron chi connectivity index (χ0n) is 12.9. The second-order valence-electron chi connectivity index (χ2n) is 4.97. The number of para-hydroxylation sites is 1. The van der Waals surface area contributed by atoms with E-state index in [1.54, 1.807) is 24.3 Å². The Morgan fingerprint density at radius 1 is 1.38 bits per heavy atom. The van der Waals surface area contributed by atoms with E-state index in [0.717, 1.165) is 6.07 Å². The fourth-order valence-corrected chi connectivity index (χ4v) is 2.10. The van der Waals surface area contributed by atoms with Gasteiger partial charge in [-0.25, -0.2) is 4.79 Å². The molecule has 1 amide bonds. The number of nitrogens with one attached hydrogen (secondary N) is 1. The minimum Gasteiger partial charge on any atom is -0.448 e. The number of hydrogen-bond acceptors (Lipinski definition) is 5. The molecule has 9 heteroatoms. The first-order valence-corrected chi connectivity index (χ1v) is 7.24. The number of carbonyl (C=O) groups is 2. The van der Waals surface area contributed by atoms with Gasteiger partial charge < -0.3 is 14.6 Å². The highest BCUT2D eigenvalue weighted by Gasteiger charge is 2.23. The summed E-state index contributed by atoms with van der Waals surface area (Å²) in [7, 11) is 1.47. The fraction of sp³-hybridized carbons (Fsp3) is 0.200. The Hall–Kier alpha value is -2.87. The van der Waals surface area contributed by atoms with Gasteiger partial charge in [0.15, 0.2) is 6.10 Å². The summed E-state index contributed by atoms with van der Waals surface area (Å²) in [6, 6.07) is 7.71. The summed E-state index contributed by atoms with van der Waals surface area (Å²) < 4.78 is 6.31. The average molecular weight is 352 g/mol. The molecule has 1 aromatic heterocycles. The highest BCUT2D eigenvalue weighted by molar-refractivity contribution is 6.33. The Labute approximate surface area is 142 Å². The number of carbonyl (C=O) groups excluding carboxylic acids is 2. The predicted molar refractivity (Wildman–Crippen MR) is 87.0 cm³/mol. The lowest BCUT2D eigenvalue weighted by Gasteiger charge is -2.14. The van der Waals surface area contributed by atoms with Crippen molar-refractivity contribution in [3.05, 3.63) is 57.4 Å². The number of aromatic nitrogens is 1. The maximum absolute atomic E-state index is 12.1. The molecule has 0 radical (unpaired) electrons. The standard InChI is InChI=1S/C15H14ClN3O5/c1-9(14(20)17-12-6-4-3-5-11(12)16)24-15(21)13-7-10(19(22)23)8-18(13)2/h3-9H,1-2H3,(H,17,20). The largest absolute Gasteiger partial charge is 0.448 e. The van der Waals surface area contributed by atoms with E-state index >= 15 is 0 Å². The van der Waals surface area contributed by atoms with Crippen LogP contribution in [0.25, 0.3) is 0 Å². The molecule has 24 heavy (non-hydrogen) atoms. The molecule has 8 nitrogen and oxygen atoms in total. The number of esters is 1. The van der Waals surface area contributed by atoms with Crippen LogP contribution in [0.4, 0.5) is 11.4 Å². The second kappa shape index (κ2) is 7.14. The number of amides is 1. The first kappa shape index (κ1) is 17.5. The van der Waals surface area contributed by atoms with Crippen LogP contribution < -0.4 is 5.32 Å². The minimum absolute atomic E-state index is 0.0286. The van der Waals surface area contributed by atoms with Crippen LogP contribution >= 0.6 is 11.6 Å². The maximum atomic E-state index is 12.1. The Kier molecular flexibility index (Phi) is 5.20. The second-order valence-corrected chi connectivity index (χ2v) is 5.38. The molecule has 0 spiro atoms. The van der Waals surface area contributed by atoms with Crippen molar-refractivity contribution in [3.8, 4) is 0 Å². The lowest BCUT2D eigenvalue weighted by molar-refractivity contribution is -0.384. The molecule has 1 unspecified atom stereocenters. The average Bonchev–Trinajstić information content (AvgIpc) is 2.91. The van der Waals surface area contributed by atoms with Crippen LogP contribution in [0, 0.1) is 10.1 Å². The number of hydrogen-bond donors (Lipinski definition) is 1. The van der Waals surface area contributed by atoms with Crippen molar-refractivity contribution in [2.24, 2.45) is 7.05 Å². The number of ether oxygens (including phenoxy) is 1. The maximum Gasteiger partial charge on any atom is 0.355 e. The van der Waals surface area contributed by atoms with Gasteiger partial charge >= 0.3 is 5.97 Å². The molecule has 1 atom stereocenters. The van der Waals surface area contributed by atoms with E-state index in [0.29, 0.717) is 10.7 Å². The SMILES string of the molecule is CC(OC(=O)c1cc([N+](=O)[O-])cn1C)C(=O)Nc1ccccc1Cl. The number of halogens is 1. The molecule has 0 saturated carbocycles. The van der Waals surface area contributed by atoms with Gasteiger partial charge in [-0.3, -0.25) is 14.9 Å². The summed E-state index contributed by atoms with van der Waals surface area (Å²) in [5.74, 6) is -1.41. The van der Waals surface area contributed by atoms with Gasteiger partial charge in [-0.1, -0.05) is 23.7 Å². The van der Waals surface area contributed by atoms with E-state index in [1.807, 2.05) is 0 Å². The third-order valence-corrected chi connectivity index (χ3v) is 3.52. The van der Waals surface area contributed by atoms with Crippen molar-refractivity contribution in [3.63, 3.8) is 0 Å². The van der Waals surface area contributed by atoms with E-state index < -0.39 is 22.9 Å². The number of nitrogens with zero attached hydrogens (tertiary/aromatic N) is 2. The van der Waals surface area contributed by atoms with E-state index in [9.17, 15) is 19.7 Å². The van der Waals surface area contributed by atoms with Gasteiger partial charge in [0.05, 0.1) is 21.8 Å². The Morgan fingerprint density at radius 3 is 2.62 bits per heavy atom. The summed E-state index contributed by atoms with van der Waals surface area (Å²) in [4.78, 5) is 34.2. The summed E-state index contributed by atoms with van der Waals surface area (Å²) >= 11 is 5.94. The van der Waals surface area contributed by atoms with E-state index in [1.165, 1.54) is 24.7 Å². The van der Waals surface area contributed by atoms with Crippen LogP contribution in [0.15, 0.2) is 36.5 Å². The van der Waals surface area contributed by atoms with Crippen molar-refractivity contribution in [1.82, 2.24) is 4.57 Å². The van der Waals surface area contributed by atoms with E-state index in [2.05, 4.69) is 5.32 Å². The molecule has 1 aromatic carbocycles. The van der Waals surface area contributed by atoms with Gasteiger partial charge in [-0.05, 0) is 19.1 Å². The van der Waals surface area contributed by atoms with Crippen molar-refractivity contribution in [2.45, 2.75) is 13.0 Å². The van der Waals surface area contributed by atoms with Crippen molar-refractivity contribution in [2.75, 3.05) is 5.32 Å². The van der Waals surface area contributed by atoms with Crippen LogP contribution in [0.5, 0.6) is 0 Å². The summed E-state index contributed by atoms with van der Waals surface area (Å²) in [5.41, 5.74) is 0.123. The van der Waals surface area contributed by atoms with Gasteiger partial charge in [0.25, 0.3) is 11.6 Å². The highest BCUT2D eigenvalue weighted by Crippen LogP contribution is 2.21. The van der Waals surface area contributed by atoms with Crippen molar-refractivity contribution >= 4 is 34.9 Å². The lowest BCUT2D eigenvalue weighted by Crippen LogP contribution is -2.30.